The van der Waals surface area contributed by atoms with Gasteiger partial charge in [0.2, 0.25) is 0 Å². The van der Waals surface area contributed by atoms with Crippen LogP contribution < -0.4 is 0 Å². The Labute approximate surface area is 91.2 Å². The van der Waals surface area contributed by atoms with Crippen LogP contribution in [0.5, 0.6) is 0 Å². The summed E-state index contributed by atoms with van der Waals surface area (Å²) in [5.41, 5.74) is -0.453. The Morgan fingerprint density at radius 1 is 1.60 bits per heavy atom. The van der Waals surface area contributed by atoms with Crippen LogP contribution in [0.1, 0.15) is 40.0 Å². The highest BCUT2D eigenvalue weighted by molar-refractivity contribution is 5.79. The predicted octanol–water partition coefficient (Wildman–Crippen LogP) is 3.35. The van der Waals surface area contributed by atoms with Crippen molar-refractivity contribution in [1.82, 2.24) is 0 Å². The number of allylic oxidation sites excluding steroid dienone is 2. The van der Waals surface area contributed by atoms with Crippen molar-refractivity contribution in [3.05, 3.63) is 12.2 Å². The average Bonchev–Trinajstić information content (AvgIpc) is 1.96. The largest absolute Gasteiger partial charge is 0.442 e. The number of aliphatic imine (C=N–C) groups is 1. The van der Waals surface area contributed by atoms with Crippen LogP contribution in [0.25, 0.3) is 0 Å². The number of rotatable bonds is 3. The third-order valence-corrected chi connectivity index (χ3v) is 2.10. The summed E-state index contributed by atoms with van der Waals surface area (Å²) in [5, 5.41) is 0. The second-order valence-electron chi connectivity index (χ2n) is 4.79. The quantitative estimate of drug-likeness (QED) is 0.528. The van der Waals surface area contributed by atoms with Crippen molar-refractivity contribution in [1.29, 1.82) is 0 Å². The Kier molecular flexibility index (Phi) is 4.06. The molecule has 0 radical (unpaired) electrons. The van der Waals surface area contributed by atoms with E-state index in [1.807, 2.05) is 20.8 Å². The molecule has 0 saturated carbocycles. The van der Waals surface area contributed by atoms with Crippen LogP contribution in [0.3, 0.4) is 0 Å². The summed E-state index contributed by atoms with van der Waals surface area (Å²) >= 11 is 0. The summed E-state index contributed by atoms with van der Waals surface area (Å²) < 4.78 is 5.03. The first-order valence-electron chi connectivity index (χ1n) is 5.39. The minimum atomic E-state index is -0.494. The smallest absolute Gasteiger partial charge is 0.433 e. The highest BCUT2D eigenvalue weighted by atomic mass is 16.6. The van der Waals surface area contributed by atoms with Crippen LogP contribution in [0.15, 0.2) is 17.1 Å². The number of amides is 1. The number of hydrogen-bond donors (Lipinski definition) is 0. The first-order chi connectivity index (χ1) is 6.97. The van der Waals surface area contributed by atoms with Gasteiger partial charge in [0.15, 0.2) is 0 Å². The maximum Gasteiger partial charge on any atom is 0.433 e. The molecule has 0 saturated heterocycles. The molecular formula is C12H19NO2. The predicted molar refractivity (Wildman–Crippen MR) is 61.2 cm³/mol. The van der Waals surface area contributed by atoms with E-state index in [0.29, 0.717) is 5.92 Å². The van der Waals surface area contributed by atoms with E-state index in [4.69, 9.17) is 4.74 Å². The van der Waals surface area contributed by atoms with Gasteiger partial charge < -0.3 is 4.74 Å². The molecule has 1 unspecified atom stereocenters. The molecule has 1 aliphatic carbocycles. The Hall–Kier alpha value is -1.12. The lowest BCUT2D eigenvalue weighted by Crippen LogP contribution is -2.21. The lowest BCUT2D eigenvalue weighted by molar-refractivity contribution is 0.0605. The van der Waals surface area contributed by atoms with Gasteiger partial charge in [0.25, 0.3) is 0 Å². The molecule has 0 spiro atoms. The molecule has 0 bridgehead atoms. The van der Waals surface area contributed by atoms with Crippen molar-refractivity contribution < 1.29 is 9.53 Å². The molecule has 1 aliphatic rings. The summed E-state index contributed by atoms with van der Waals surface area (Å²) in [6.45, 7) is 5.50. The zero-order valence-corrected chi connectivity index (χ0v) is 9.69. The molecule has 3 heteroatoms. The highest BCUT2D eigenvalue weighted by Gasteiger charge is 2.14. The van der Waals surface area contributed by atoms with Crippen LogP contribution in [0.2, 0.25) is 0 Å². The summed E-state index contributed by atoms with van der Waals surface area (Å²) in [6.07, 6.45) is 8.60. The van der Waals surface area contributed by atoms with Gasteiger partial charge in [-0.1, -0.05) is 12.2 Å². The fourth-order valence-electron chi connectivity index (χ4n) is 1.26. The lowest BCUT2D eigenvalue weighted by Gasteiger charge is -2.17. The second kappa shape index (κ2) is 5.10. The van der Waals surface area contributed by atoms with E-state index in [1.165, 1.54) is 6.42 Å². The van der Waals surface area contributed by atoms with Crippen molar-refractivity contribution in [3.8, 4) is 0 Å². The fraction of sp³-hybridized carbons (Fsp3) is 0.667. The second-order valence-corrected chi connectivity index (χ2v) is 4.79. The molecule has 0 aromatic rings. The third-order valence-electron chi connectivity index (χ3n) is 2.10. The van der Waals surface area contributed by atoms with E-state index >= 15 is 0 Å². The monoisotopic (exact) mass is 209 g/mol. The van der Waals surface area contributed by atoms with Crippen molar-refractivity contribution in [2.45, 2.75) is 45.6 Å². The summed E-state index contributed by atoms with van der Waals surface area (Å²) in [4.78, 5) is 14.9. The molecule has 0 aromatic heterocycles. The minimum absolute atomic E-state index is 0.453. The van der Waals surface area contributed by atoms with E-state index in [-0.39, 0.29) is 0 Å². The van der Waals surface area contributed by atoms with E-state index in [2.05, 4.69) is 17.1 Å². The van der Waals surface area contributed by atoms with E-state index < -0.39 is 11.7 Å². The van der Waals surface area contributed by atoms with Crippen molar-refractivity contribution in [3.63, 3.8) is 0 Å². The zero-order chi connectivity index (χ0) is 11.3. The first-order valence-corrected chi connectivity index (χ1v) is 5.39. The summed E-state index contributed by atoms with van der Waals surface area (Å²) in [5.74, 6) is 0.690. The number of nitrogens with zero attached hydrogens (tertiary/aromatic N) is 1. The van der Waals surface area contributed by atoms with E-state index in [0.717, 1.165) is 12.8 Å². The van der Waals surface area contributed by atoms with E-state index in [1.54, 1.807) is 6.21 Å². The molecule has 0 N–H and O–H groups in total. The number of carbonyl (C=O) groups is 1. The van der Waals surface area contributed by atoms with Crippen LogP contribution in [-0.4, -0.2) is 17.9 Å². The molecule has 15 heavy (non-hydrogen) atoms. The van der Waals surface area contributed by atoms with Crippen LogP contribution in [-0.2, 0) is 4.74 Å². The van der Waals surface area contributed by atoms with Gasteiger partial charge in [0.05, 0.1) is 0 Å². The molecule has 1 amide bonds. The summed E-state index contributed by atoms with van der Waals surface area (Å²) in [7, 11) is 0. The van der Waals surface area contributed by atoms with E-state index in [9.17, 15) is 4.79 Å². The van der Waals surface area contributed by atoms with Crippen LogP contribution in [0.4, 0.5) is 4.79 Å². The van der Waals surface area contributed by atoms with Gasteiger partial charge in [-0.05, 0) is 46.0 Å². The molecule has 0 aliphatic heterocycles. The molecule has 1 rings (SSSR count). The average molecular weight is 209 g/mol. The lowest BCUT2D eigenvalue weighted by atomic mass is 9.91. The van der Waals surface area contributed by atoms with Gasteiger partial charge in [0, 0.05) is 6.21 Å². The van der Waals surface area contributed by atoms with Gasteiger partial charge in [0.1, 0.15) is 5.60 Å². The van der Waals surface area contributed by atoms with Crippen molar-refractivity contribution in [2.75, 3.05) is 0 Å². The maximum absolute atomic E-state index is 11.2. The van der Waals surface area contributed by atoms with Crippen LogP contribution in [0, 0.1) is 5.92 Å². The van der Waals surface area contributed by atoms with Gasteiger partial charge in [-0.3, -0.25) is 0 Å². The molecule has 3 nitrogen and oxygen atoms in total. The third kappa shape index (κ3) is 5.35. The first kappa shape index (κ1) is 12.0. The summed E-state index contributed by atoms with van der Waals surface area (Å²) in [6, 6.07) is 0. The minimum Gasteiger partial charge on any atom is -0.442 e. The SMILES string of the molecule is CC(C)(C)OC(=O)/N=C\CCC1C=CC1. The van der Waals surface area contributed by atoms with Gasteiger partial charge in [-0.2, -0.15) is 4.99 Å². The number of hydrogen-bond acceptors (Lipinski definition) is 2. The molecule has 1 atom stereocenters. The Balaban J connectivity index is 2.13. The molecule has 0 fully saturated rings. The standard InChI is InChI=1S/C12H19NO2/c1-12(2,3)15-11(14)13-9-5-8-10-6-4-7-10/h4,6,9-10H,5,7-8H2,1-3H3/b13-9-. The Bertz CT molecular complexity index is 274. The Morgan fingerprint density at radius 2 is 2.27 bits per heavy atom. The molecule has 84 valence electrons. The Morgan fingerprint density at radius 3 is 2.73 bits per heavy atom. The normalized spacial score (nSPS) is 20.3. The number of carbonyl (C=O) groups excluding carboxylic acids is 1. The van der Waals surface area contributed by atoms with Crippen molar-refractivity contribution in [2.24, 2.45) is 10.9 Å². The van der Waals surface area contributed by atoms with Crippen LogP contribution >= 0.6 is 0 Å². The number of ether oxygens (including phenoxy) is 1. The zero-order valence-electron chi connectivity index (χ0n) is 9.69. The maximum atomic E-state index is 11.2. The molecule has 0 heterocycles. The van der Waals surface area contributed by atoms with Gasteiger partial charge >= 0.3 is 6.09 Å². The fourth-order valence-corrected chi connectivity index (χ4v) is 1.26. The molecule has 0 aromatic carbocycles. The van der Waals surface area contributed by atoms with Gasteiger partial charge in [-0.25, -0.2) is 4.79 Å². The topological polar surface area (TPSA) is 38.7 Å². The highest BCUT2D eigenvalue weighted by Crippen LogP contribution is 2.21. The molecular weight excluding hydrogens is 190 g/mol. The van der Waals surface area contributed by atoms with Gasteiger partial charge in [-0.15, -0.1) is 0 Å². The van der Waals surface area contributed by atoms with Crippen molar-refractivity contribution >= 4 is 12.3 Å².